The van der Waals surface area contributed by atoms with Gasteiger partial charge in [0, 0.05) is 6.42 Å². The minimum Gasteiger partial charge on any atom is -0.394 e. The summed E-state index contributed by atoms with van der Waals surface area (Å²) < 4.78 is 22.8. The lowest BCUT2D eigenvalue weighted by molar-refractivity contribution is -0.359. The maximum Gasteiger partial charge on any atom is 0.220 e. The number of carbonyl (C=O) groups is 1. The lowest BCUT2D eigenvalue weighted by atomic mass is 9.97. The predicted molar refractivity (Wildman–Crippen MR) is 346 cm³/mol. The third-order valence-corrected chi connectivity index (χ3v) is 17.3. The average molecular weight is 1210 g/mol. The second-order valence-corrected chi connectivity index (χ2v) is 25.0. The fourth-order valence-electron chi connectivity index (χ4n) is 11.6. The van der Waals surface area contributed by atoms with Crippen LogP contribution >= 0.6 is 0 Å². The van der Waals surface area contributed by atoms with E-state index >= 15 is 0 Å². The fourth-order valence-corrected chi connectivity index (χ4v) is 11.6. The standard InChI is InChI=1S/C71H131NO13/c1-3-5-7-9-11-13-15-17-19-20-21-22-23-24-25-26-27-28-29-30-31-32-33-34-35-36-37-38-39-40-41-43-45-47-49-51-53-55-63(76)72-59(60(75)54-52-50-48-46-44-42-18-16-14-12-10-8-6-4-2)58-82-70-68(81)66(79)69(62(57-74)84-70)85-71-67(80)65(78)64(77)61(56-73)83-71/h15,17,20-21,23-24,52,54,59-62,64-71,73-75,77-81H,3-14,16,18-19,22,25-51,53,55-58H2,1-2H3,(H,72,76)/b17-15-,21-20-,24-23-,54-52+. The Morgan fingerprint density at radius 3 is 1.19 bits per heavy atom. The second-order valence-electron chi connectivity index (χ2n) is 25.0. The quantitative estimate of drug-likeness (QED) is 0.0204. The molecule has 2 rings (SSSR count). The van der Waals surface area contributed by atoms with Crippen LogP contribution in [0.25, 0.3) is 0 Å². The topological polar surface area (TPSA) is 228 Å². The molecular weight excluding hydrogens is 1070 g/mol. The number of unbranched alkanes of at least 4 members (excludes halogenated alkanes) is 39. The Labute approximate surface area is 518 Å². The maximum absolute atomic E-state index is 13.3. The molecule has 0 radical (unpaired) electrons. The van der Waals surface area contributed by atoms with Crippen molar-refractivity contribution in [3.05, 3.63) is 48.6 Å². The first-order valence-electron chi connectivity index (χ1n) is 35.4. The Morgan fingerprint density at radius 1 is 0.424 bits per heavy atom. The number of hydrogen-bond acceptors (Lipinski definition) is 13. The smallest absolute Gasteiger partial charge is 0.220 e. The van der Waals surface area contributed by atoms with Gasteiger partial charge in [-0.2, -0.15) is 0 Å². The Bertz CT molecular complexity index is 1610. The van der Waals surface area contributed by atoms with Gasteiger partial charge in [0.2, 0.25) is 5.91 Å². The van der Waals surface area contributed by atoms with E-state index in [-0.39, 0.29) is 18.9 Å². The van der Waals surface area contributed by atoms with E-state index in [9.17, 15) is 45.6 Å². The summed E-state index contributed by atoms with van der Waals surface area (Å²) in [5, 5.41) is 87.2. The van der Waals surface area contributed by atoms with E-state index in [2.05, 4.69) is 55.6 Å². The minimum absolute atomic E-state index is 0.235. The summed E-state index contributed by atoms with van der Waals surface area (Å²) in [6.07, 6.45) is 56.1. The summed E-state index contributed by atoms with van der Waals surface area (Å²) in [5.74, 6) is -0.235. The van der Waals surface area contributed by atoms with Crippen molar-refractivity contribution in [1.82, 2.24) is 5.32 Å². The van der Waals surface area contributed by atoms with Gasteiger partial charge in [-0.25, -0.2) is 0 Å². The molecule has 9 N–H and O–H groups in total. The number of ether oxygens (including phenoxy) is 4. The van der Waals surface area contributed by atoms with Crippen molar-refractivity contribution in [2.45, 2.75) is 376 Å². The van der Waals surface area contributed by atoms with E-state index in [4.69, 9.17) is 18.9 Å². The molecule has 12 atom stereocenters. The lowest BCUT2D eigenvalue weighted by Crippen LogP contribution is -2.65. The van der Waals surface area contributed by atoms with Crippen molar-refractivity contribution < 1.29 is 64.6 Å². The molecule has 14 heteroatoms. The molecule has 0 saturated carbocycles. The zero-order valence-corrected chi connectivity index (χ0v) is 54.1. The molecule has 85 heavy (non-hydrogen) atoms. The number of aliphatic hydroxyl groups is 8. The highest BCUT2D eigenvalue weighted by molar-refractivity contribution is 5.76. The molecule has 498 valence electrons. The van der Waals surface area contributed by atoms with Gasteiger partial charge in [0.05, 0.1) is 32.0 Å². The highest BCUT2D eigenvalue weighted by Gasteiger charge is 2.51. The van der Waals surface area contributed by atoms with E-state index in [1.54, 1.807) is 6.08 Å². The molecular formula is C71H131NO13. The molecule has 0 bridgehead atoms. The summed E-state index contributed by atoms with van der Waals surface area (Å²) in [6.45, 7) is 2.81. The Hall–Kier alpha value is -2.05. The normalized spacial score (nSPS) is 23.8. The number of nitrogens with one attached hydrogen (secondary N) is 1. The Balaban J connectivity index is 1.58. The third kappa shape index (κ3) is 40.3. The number of allylic oxidation sites excluding steroid dienone is 7. The lowest BCUT2D eigenvalue weighted by Gasteiger charge is -2.46. The SMILES string of the molecule is CCCCCCC/C=C\C/C=C\C/C=C\CCCCCCCCCCCCCCCCCCCCCCCCC(=O)NC(COC1OC(CO)C(OC2OC(CO)C(O)C(O)C2O)C(O)C1O)C(O)/C=C/CCCCCCCCCCCCCC. The van der Waals surface area contributed by atoms with E-state index in [1.807, 2.05) is 6.08 Å². The molecule has 14 nitrogen and oxygen atoms in total. The third-order valence-electron chi connectivity index (χ3n) is 17.3. The van der Waals surface area contributed by atoms with Crippen molar-refractivity contribution in [2.75, 3.05) is 19.8 Å². The summed E-state index contributed by atoms with van der Waals surface area (Å²) in [4.78, 5) is 13.3. The van der Waals surface area contributed by atoms with Gasteiger partial charge < -0.3 is 65.1 Å². The van der Waals surface area contributed by atoms with Crippen molar-refractivity contribution in [2.24, 2.45) is 0 Å². The van der Waals surface area contributed by atoms with Crippen LogP contribution in [-0.2, 0) is 23.7 Å². The summed E-state index contributed by atoms with van der Waals surface area (Å²) in [7, 11) is 0. The molecule has 2 saturated heterocycles. The molecule has 0 aromatic carbocycles. The molecule has 2 heterocycles. The van der Waals surface area contributed by atoms with Crippen LogP contribution in [0.3, 0.4) is 0 Å². The number of hydrogen-bond donors (Lipinski definition) is 9. The zero-order valence-electron chi connectivity index (χ0n) is 54.1. The first kappa shape index (κ1) is 79.0. The van der Waals surface area contributed by atoms with Gasteiger partial charge in [-0.3, -0.25) is 4.79 Å². The van der Waals surface area contributed by atoms with Crippen molar-refractivity contribution in [3.8, 4) is 0 Å². The number of aliphatic hydroxyl groups excluding tert-OH is 8. The van der Waals surface area contributed by atoms with Gasteiger partial charge in [0.25, 0.3) is 0 Å². The molecule has 0 aromatic heterocycles. The zero-order chi connectivity index (χ0) is 61.6. The number of amides is 1. The first-order valence-corrected chi connectivity index (χ1v) is 35.4. The largest absolute Gasteiger partial charge is 0.394 e. The van der Waals surface area contributed by atoms with Crippen molar-refractivity contribution in [1.29, 1.82) is 0 Å². The molecule has 0 aliphatic carbocycles. The van der Waals surface area contributed by atoms with Crippen LogP contribution in [0.15, 0.2) is 48.6 Å². The molecule has 0 spiro atoms. The first-order chi connectivity index (χ1) is 41.6. The van der Waals surface area contributed by atoms with Gasteiger partial charge in [0.15, 0.2) is 12.6 Å². The monoisotopic (exact) mass is 1210 g/mol. The summed E-state index contributed by atoms with van der Waals surface area (Å²) in [6, 6.07) is -0.913. The van der Waals surface area contributed by atoms with Crippen LogP contribution in [0.2, 0.25) is 0 Å². The number of carbonyl (C=O) groups excluding carboxylic acids is 1. The maximum atomic E-state index is 13.3. The van der Waals surface area contributed by atoms with Crippen LogP contribution in [0, 0.1) is 0 Å². The number of rotatable bonds is 58. The highest BCUT2D eigenvalue weighted by Crippen LogP contribution is 2.30. The minimum atomic E-state index is -1.79. The van der Waals surface area contributed by atoms with Gasteiger partial charge >= 0.3 is 0 Å². The van der Waals surface area contributed by atoms with Crippen LogP contribution in [0.1, 0.15) is 303 Å². The van der Waals surface area contributed by atoms with E-state index in [1.165, 1.54) is 225 Å². The predicted octanol–water partition coefficient (Wildman–Crippen LogP) is 14.3. The molecule has 12 unspecified atom stereocenters. The van der Waals surface area contributed by atoms with E-state index in [0.717, 1.165) is 51.4 Å². The fraction of sp³-hybridized carbons (Fsp3) is 0.873. The van der Waals surface area contributed by atoms with Crippen LogP contribution in [0.5, 0.6) is 0 Å². The Kier molecular flexibility index (Phi) is 52.1. The Morgan fingerprint density at radius 2 is 0.776 bits per heavy atom. The molecule has 2 fully saturated rings. The van der Waals surface area contributed by atoms with Gasteiger partial charge in [-0.15, -0.1) is 0 Å². The molecule has 2 aliphatic rings. The second kappa shape index (κ2) is 56.0. The summed E-state index contributed by atoms with van der Waals surface area (Å²) in [5.41, 5.74) is 0. The molecule has 1 amide bonds. The van der Waals surface area contributed by atoms with Gasteiger partial charge in [-0.05, 0) is 57.8 Å². The highest BCUT2D eigenvalue weighted by atomic mass is 16.7. The van der Waals surface area contributed by atoms with E-state index < -0.39 is 86.8 Å². The van der Waals surface area contributed by atoms with E-state index in [0.29, 0.717) is 6.42 Å². The summed E-state index contributed by atoms with van der Waals surface area (Å²) >= 11 is 0. The van der Waals surface area contributed by atoms with Crippen molar-refractivity contribution >= 4 is 5.91 Å². The molecule has 2 aliphatic heterocycles. The van der Waals surface area contributed by atoms with Crippen molar-refractivity contribution in [3.63, 3.8) is 0 Å². The van der Waals surface area contributed by atoms with Gasteiger partial charge in [0.1, 0.15) is 48.8 Å². The van der Waals surface area contributed by atoms with Crippen LogP contribution in [-0.4, -0.2) is 140 Å². The van der Waals surface area contributed by atoms with Gasteiger partial charge in [-0.1, -0.05) is 287 Å². The van der Waals surface area contributed by atoms with Crippen LogP contribution in [0.4, 0.5) is 0 Å². The average Bonchev–Trinajstić information content (AvgIpc) is 3.65. The van der Waals surface area contributed by atoms with Crippen LogP contribution < -0.4 is 5.32 Å². The molecule has 0 aromatic rings.